The number of allylic oxidation sites excluding steroid dienone is 1. The molecule has 1 atom stereocenters. The van der Waals surface area contributed by atoms with Crippen LogP contribution in [-0.4, -0.2) is 21.6 Å². The molecule has 6 nitrogen and oxygen atoms in total. The average Bonchev–Trinajstić information content (AvgIpc) is 3.80. The topological polar surface area (TPSA) is 101 Å². The smallest absolute Gasteiger partial charge is 0.137 e. The monoisotopic (exact) mass is 659 g/mol. The van der Waals surface area contributed by atoms with Gasteiger partial charge in [0.2, 0.25) is 0 Å². The van der Waals surface area contributed by atoms with Gasteiger partial charge < -0.3 is 14.7 Å². The zero-order valence-electron chi connectivity index (χ0n) is 27.2. The number of aromatic nitrogens is 3. The fourth-order valence-electron chi connectivity index (χ4n) is 6.85. The van der Waals surface area contributed by atoms with Gasteiger partial charge in [0.15, 0.2) is 0 Å². The van der Waals surface area contributed by atoms with Crippen LogP contribution in [0, 0.1) is 28.6 Å². The summed E-state index contributed by atoms with van der Waals surface area (Å²) < 4.78 is 7.27. The summed E-state index contributed by atoms with van der Waals surface area (Å²) in [5.74, 6) is 1.65. The van der Waals surface area contributed by atoms with Crippen LogP contribution in [0.15, 0.2) is 60.0 Å². The quantitative estimate of drug-likeness (QED) is 0.123. The Morgan fingerprint density at radius 2 is 1.79 bits per heavy atom. The van der Waals surface area contributed by atoms with Crippen molar-refractivity contribution in [2.75, 3.05) is 6.61 Å². The van der Waals surface area contributed by atoms with Crippen molar-refractivity contribution in [2.24, 2.45) is 5.92 Å². The van der Waals surface area contributed by atoms with Crippen molar-refractivity contribution in [1.29, 1.82) is 10.5 Å². The van der Waals surface area contributed by atoms with E-state index in [9.17, 15) is 10.5 Å². The molecule has 3 heterocycles. The standard InChI is InChI=1S/C39H41N5OS2/c1-4-6-12-25(5-2)23-45-28-19-17-27(18-20-28)36-34-33(37(43-36)29(21-40)24(3)46)35(26-13-8-7-9-14-26)44-38(34)30(22-41)39-42-31-15-10-11-16-32(31)47-39/h10-11,15-20,25-26,43-44,46H,3-9,12-14,23H2,1-2H3/b37-29-,38-30-. The number of thiol groups is 1. The molecule has 240 valence electrons. The van der Waals surface area contributed by atoms with Crippen LogP contribution >= 0.6 is 24.0 Å². The van der Waals surface area contributed by atoms with Crippen LogP contribution in [0.4, 0.5) is 0 Å². The second kappa shape index (κ2) is 14.7. The highest BCUT2D eigenvalue weighted by Gasteiger charge is 2.27. The number of aromatic amines is 2. The van der Waals surface area contributed by atoms with E-state index in [1.165, 1.54) is 37.0 Å². The van der Waals surface area contributed by atoms with Gasteiger partial charge in [-0.3, -0.25) is 0 Å². The number of benzene rings is 2. The first-order valence-electron chi connectivity index (χ1n) is 16.8. The van der Waals surface area contributed by atoms with Crippen molar-refractivity contribution in [1.82, 2.24) is 15.0 Å². The third-order valence-corrected chi connectivity index (χ3v) is 10.8. The molecular formula is C39H41N5OS2. The van der Waals surface area contributed by atoms with Gasteiger partial charge in [0.1, 0.15) is 28.5 Å². The Morgan fingerprint density at radius 1 is 1.02 bits per heavy atom. The van der Waals surface area contributed by atoms with Gasteiger partial charge in [0.25, 0.3) is 0 Å². The van der Waals surface area contributed by atoms with Gasteiger partial charge in [-0.25, -0.2) is 4.98 Å². The lowest BCUT2D eigenvalue weighted by Gasteiger charge is -2.20. The van der Waals surface area contributed by atoms with E-state index in [0.29, 0.717) is 38.9 Å². The number of rotatable bonds is 11. The molecule has 8 heteroatoms. The van der Waals surface area contributed by atoms with Crippen LogP contribution in [0.5, 0.6) is 5.75 Å². The van der Waals surface area contributed by atoms with Crippen molar-refractivity contribution in [3.63, 3.8) is 0 Å². The number of nitriles is 2. The number of hydrogen-bond acceptors (Lipinski definition) is 6. The molecule has 1 fully saturated rings. The van der Waals surface area contributed by atoms with E-state index in [0.717, 1.165) is 81.1 Å². The first kappa shape index (κ1) is 32.7. The Morgan fingerprint density at radius 3 is 2.45 bits per heavy atom. The van der Waals surface area contributed by atoms with E-state index >= 15 is 0 Å². The number of unbranched alkanes of at least 4 members (excludes halogenated alkanes) is 1. The lowest BCUT2D eigenvalue weighted by atomic mass is 9.86. The van der Waals surface area contributed by atoms with E-state index in [-0.39, 0.29) is 5.92 Å². The second-order valence-corrected chi connectivity index (χ2v) is 14.1. The van der Waals surface area contributed by atoms with Gasteiger partial charge in [-0.1, -0.05) is 71.1 Å². The van der Waals surface area contributed by atoms with E-state index < -0.39 is 0 Å². The van der Waals surface area contributed by atoms with Gasteiger partial charge in [-0.2, -0.15) is 10.5 Å². The Bertz CT molecular complexity index is 2080. The van der Waals surface area contributed by atoms with Crippen molar-refractivity contribution < 1.29 is 4.74 Å². The van der Waals surface area contributed by atoms with E-state index in [4.69, 9.17) is 9.72 Å². The van der Waals surface area contributed by atoms with E-state index in [1.54, 1.807) is 0 Å². The molecule has 2 aromatic carbocycles. The molecule has 0 bridgehead atoms. The van der Waals surface area contributed by atoms with Gasteiger partial charge in [0, 0.05) is 21.4 Å². The Labute approximate surface area is 285 Å². The summed E-state index contributed by atoms with van der Waals surface area (Å²) >= 11 is 6.05. The second-order valence-electron chi connectivity index (χ2n) is 12.5. The minimum Gasteiger partial charge on any atom is -0.493 e. The lowest BCUT2D eigenvalue weighted by molar-refractivity contribution is 0.233. The molecule has 2 N–H and O–H groups in total. The third kappa shape index (κ3) is 6.63. The molecular weight excluding hydrogens is 619 g/mol. The highest BCUT2D eigenvalue weighted by atomic mass is 32.1. The summed E-state index contributed by atoms with van der Waals surface area (Å²) in [5, 5.41) is 24.9. The molecule has 3 aromatic heterocycles. The van der Waals surface area contributed by atoms with Crippen molar-refractivity contribution >= 4 is 56.1 Å². The van der Waals surface area contributed by atoms with E-state index in [2.05, 4.69) is 67.3 Å². The van der Waals surface area contributed by atoms with Crippen LogP contribution in [0.2, 0.25) is 0 Å². The van der Waals surface area contributed by atoms with Crippen molar-refractivity contribution in [3.8, 4) is 29.1 Å². The largest absolute Gasteiger partial charge is 0.493 e. The highest BCUT2D eigenvalue weighted by molar-refractivity contribution is 7.85. The summed E-state index contributed by atoms with van der Waals surface area (Å²) in [6.45, 7) is 9.18. The zero-order chi connectivity index (χ0) is 32.9. The minimum absolute atomic E-state index is 0.279. The van der Waals surface area contributed by atoms with Crippen molar-refractivity contribution in [2.45, 2.75) is 77.6 Å². The maximum atomic E-state index is 10.7. The highest BCUT2D eigenvalue weighted by Crippen LogP contribution is 2.37. The maximum absolute atomic E-state index is 10.7. The third-order valence-electron chi connectivity index (χ3n) is 9.48. The molecule has 1 unspecified atom stereocenters. The average molecular weight is 660 g/mol. The Hall–Kier alpha value is -4.24. The zero-order valence-corrected chi connectivity index (χ0v) is 28.9. The summed E-state index contributed by atoms with van der Waals surface area (Å²) in [4.78, 5) is 12.7. The maximum Gasteiger partial charge on any atom is 0.137 e. The summed E-state index contributed by atoms with van der Waals surface area (Å²) in [6.07, 6.45) is 10.3. The lowest BCUT2D eigenvalue weighted by Crippen LogP contribution is -2.14. The van der Waals surface area contributed by atoms with Crippen LogP contribution in [-0.2, 0) is 0 Å². The first-order valence-corrected chi connectivity index (χ1v) is 18.0. The molecule has 1 aliphatic carbocycles. The summed E-state index contributed by atoms with van der Waals surface area (Å²) in [7, 11) is 0. The molecule has 47 heavy (non-hydrogen) atoms. The van der Waals surface area contributed by atoms with E-state index in [1.807, 2.05) is 36.4 Å². The number of ether oxygens (including phenoxy) is 1. The van der Waals surface area contributed by atoms with Crippen LogP contribution in [0.3, 0.4) is 0 Å². The Balaban J connectivity index is 1.59. The summed E-state index contributed by atoms with van der Waals surface area (Å²) in [5.41, 5.74) is 4.58. The molecule has 0 radical (unpaired) electrons. The minimum atomic E-state index is 0.279. The van der Waals surface area contributed by atoms with Crippen molar-refractivity contribution in [3.05, 3.63) is 81.4 Å². The number of hydrogen-bond donors (Lipinski definition) is 3. The SMILES string of the molecule is C=C(S)/C(C#N)=c1\[nH]c(-c2ccc(OCC(CC)CCCC)cc2)c2/c(=C(\C#N)c3nc4ccccc4s3)[nH]c(C3CCCCC3)c12. The molecule has 1 saturated carbocycles. The van der Waals surface area contributed by atoms with Crippen LogP contribution in [0.25, 0.3) is 43.4 Å². The normalized spacial score (nSPS) is 15.7. The van der Waals surface area contributed by atoms with Gasteiger partial charge in [-0.05, 0) is 73.1 Å². The number of nitrogens with one attached hydrogen (secondary N) is 2. The number of thiazole rings is 1. The molecule has 6 rings (SSSR count). The predicted octanol–water partition coefficient (Wildman–Crippen LogP) is 9.26. The molecule has 0 amide bonds. The predicted molar refractivity (Wildman–Crippen MR) is 197 cm³/mol. The van der Waals surface area contributed by atoms with Gasteiger partial charge in [0.05, 0.1) is 38.8 Å². The molecule has 0 saturated heterocycles. The van der Waals surface area contributed by atoms with Crippen LogP contribution in [0.1, 0.15) is 88.3 Å². The fourth-order valence-corrected chi connectivity index (χ4v) is 7.98. The number of fused-ring (bicyclic) bond motifs is 2. The molecule has 5 aromatic rings. The molecule has 0 spiro atoms. The number of H-pyrrole nitrogens is 2. The first-order chi connectivity index (χ1) is 23.0. The Kier molecular flexibility index (Phi) is 10.2. The molecule has 1 aliphatic rings. The van der Waals surface area contributed by atoms with Gasteiger partial charge in [-0.15, -0.1) is 24.0 Å². The van der Waals surface area contributed by atoms with Gasteiger partial charge >= 0.3 is 0 Å². The number of para-hydroxylation sites is 1. The molecule has 0 aliphatic heterocycles. The fraction of sp³-hybridized carbons (Fsp3) is 0.359. The number of nitrogens with zero attached hydrogens (tertiary/aromatic N) is 3. The summed E-state index contributed by atoms with van der Waals surface area (Å²) in [6, 6.07) is 21.0. The van der Waals surface area contributed by atoms with Crippen LogP contribution < -0.4 is 15.4 Å².